The Kier molecular flexibility index (Phi) is 6.63. The second kappa shape index (κ2) is 8.02. The van der Waals surface area contributed by atoms with Crippen LogP contribution in [0.5, 0.6) is 0 Å². The molecule has 2 N–H and O–H groups in total. The maximum absolute atomic E-state index is 12.3. The topological polar surface area (TPSA) is 62.7 Å². The number of hydrogen-bond acceptors (Lipinski definition) is 6. The normalized spacial score (nSPS) is 10.7. The molecule has 1 rings (SSSR count). The number of anilines is 2. The number of alkyl halides is 2. The van der Waals surface area contributed by atoms with Gasteiger partial charge in [-0.15, -0.1) is 0 Å². The third-order valence-corrected chi connectivity index (χ3v) is 2.53. The van der Waals surface area contributed by atoms with Gasteiger partial charge in [-0.2, -0.15) is 23.7 Å². The molecule has 0 aliphatic rings. The molecule has 0 radical (unpaired) electrons. The molecule has 0 aromatic carbocycles. The maximum Gasteiger partial charge on any atom is 0.291 e. The summed E-state index contributed by atoms with van der Waals surface area (Å²) in [6, 6.07) is 0. The predicted octanol–water partition coefficient (Wildman–Crippen LogP) is 2.83. The minimum absolute atomic E-state index is 0.0231. The highest BCUT2D eigenvalue weighted by Gasteiger charge is 2.11. The third-order valence-electron chi connectivity index (χ3n) is 1.96. The first-order chi connectivity index (χ1) is 8.65. The maximum atomic E-state index is 12.3. The third kappa shape index (κ3) is 5.44. The molecule has 5 nitrogen and oxygen atoms in total. The molecule has 102 valence electrons. The Balaban J connectivity index is 2.77. The Hall–Kier alpha value is -1.18. The predicted molar refractivity (Wildman–Crippen MR) is 69.2 cm³/mol. The average Bonchev–Trinajstić information content (AvgIpc) is 2.28. The van der Waals surface area contributed by atoms with Crippen molar-refractivity contribution in [1.82, 2.24) is 15.0 Å². The molecule has 0 saturated carbocycles. The van der Waals surface area contributed by atoms with E-state index >= 15 is 0 Å². The van der Waals surface area contributed by atoms with Gasteiger partial charge in [-0.05, 0) is 25.1 Å². The molecule has 0 aliphatic carbocycles. The molecule has 18 heavy (non-hydrogen) atoms. The van der Waals surface area contributed by atoms with Crippen LogP contribution in [0.25, 0.3) is 0 Å². The van der Waals surface area contributed by atoms with Crippen LogP contribution < -0.4 is 10.6 Å². The van der Waals surface area contributed by atoms with E-state index in [1.165, 1.54) is 0 Å². The van der Waals surface area contributed by atoms with Crippen molar-refractivity contribution in [2.45, 2.75) is 37.6 Å². The smallest absolute Gasteiger partial charge is 0.291 e. The van der Waals surface area contributed by atoms with Gasteiger partial charge < -0.3 is 10.6 Å². The number of unbranched alkanes of at least 4 members (excludes halogenated alkanes) is 1. The second-order valence-electron chi connectivity index (χ2n) is 3.45. The van der Waals surface area contributed by atoms with Crippen LogP contribution >= 0.6 is 11.8 Å². The number of nitrogens with one attached hydrogen (secondary N) is 2. The van der Waals surface area contributed by atoms with Gasteiger partial charge in [-0.25, -0.2) is 0 Å². The number of hydrogen-bond donors (Lipinski definition) is 2. The van der Waals surface area contributed by atoms with Gasteiger partial charge in [0.1, 0.15) is 0 Å². The first-order valence-electron chi connectivity index (χ1n) is 5.84. The Morgan fingerprint density at radius 2 is 1.78 bits per heavy atom. The van der Waals surface area contributed by atoms with Gasteiger partial charge in [0.2, 0.25) is 11.9 Å². The Morgan fingerprint density at radius 3 is 2.33 bits per heavy atom. The van der Waals surface area contributed by atoms with Crippen LogP contribution in [-0.4, -0.2) is 33.8 Å². The summed E-state index contributed by atoms with van der Waals surface area (Å²) in [5, 5.41) is 5.91. The quantitative estimate of drug-likeness (QED) is 0.563. The van der Waals surface area contributed by atoms with Crippen molar-refractivity contribution in [3.63, 3.8) is 0 Å². The molecule has 8 heteroatoms. The van der Waals surface area contributed by atoms with E-state index in [1.807, 2.05) is 6.92 Å². The summed E-state index contributed by atoms with van der Waals surface area (Å²) in [6.45, 7) is 5.28. The summed E-state index contributed by atoms with van der Waals surface area (Å²) in [7, 11) is 0. The number of nitrogens with zero attached hydrogens (tertiary/aromatic N) is 3. The highest BCUT2D eigenvalue weighted by atomic mass is 32.2. The van der Waals surface area contributed by atoms with Gasteiger partial charge in [0.25, 0.3) is 5.76 Å². The van der Waals surface area contributed by atoms with Crippen LogP contribution in [-0.2, 0) is 0 Å². The molecule has 0 atom stereocenters. The molecule has 0 aliphatic heterocycles. The molecule has 0 fully saturated rings. The summed E-state index contributed by atoms with van der Waals surface area (Å²) < 4.78 is 24.6. The lowest BCUT2D eigenvalue weighted by molar-refractivity contribution is 0.251. The van der Waals surface area contributed by atoms with Crippen molar-refractivity contribution < 1.29 is 8.78 Å². The molecule has 1 aromatic heterocycles. The zero-order chi connectivity index (χ0) is 13.4. The zero-order valence-electron chi connectivity index (χ0n) is 10.4. The number of halogens is 2. The second-order valence-corrected chi connectivity index (χ2v) is 4.41. The van der Waals surface area contributed by atoms with Crippen LogP contribution in [0.15, 0.2) is 5.16 Å². The first-order valence-corrected chi connectivity index (χ1v) is 6.72. The summed E-state index contributed by atoms with van der Waals surface area (Å²) in [5.41, 5.74) is 0. The molecule has 0 bridgehead atoms. The standard InChI is InChI=1S/C10H17F2N5S/c1-3-5-6-14-9-15-8(13-4-2)16-10(17-9)18-7(11)12/h7H,3-6H2,1-2H3,(H2,13,14,15,16,17). The van der Waals surface area contributed by atoms with Gasteiger partial charge in [-0.3, -0.25) is 0 Å². The van der Waals surface area contributed by atoms with Crippen molar-refractivity contribution in [2.75, 3.05) is 23.7 Å². The first kappa shape index (κ1) is 14.9. The van der Waals surface area contributed by atoms with Crippen molar-refractivity contribution in [3.05, 3.63) is 0 Å². The monoisotopic (exact) mass is 277 g/mol. The van der Waals surface area contributed by atoms with Crippen molar-refractivity contribution in [3.8, 4) is 0 Å². The molecule has 0 spiro atoms. The molecular weight excluding hydrogens is 260 g/mol. The Bertz CT molecular complexity index is 364. The largest absolute Gasteiger partial charge is 0.354 e. The highest BCUT2D eigenvalue weighted by molar-refractivity contribution is 7.99. The lowest BCUT2D eigenvalue weighted by Gasteiger charge is -2.08. The highest BCUT2D eigenvalue weighted by Crippen LogP contribution is 2.23. The van der Waals surface area contributed by atoms with E-state index in [9.17, 15) is 8.78 Å². The minimum Gasteiger partial charge on any atom is -0.354 e. The van der Waals surface area contributed by atoms with Crippen molar-refractivity contribution in [1.29, 1.82) is 0 Å². The molecule has 0 saturated heterocycles. The van der Waals surface area contributed by atoms with E-state index < -0.39 is 5.76 Å². The van der Waals surface area contributed by atoms with Gasteiger partial charge in [0.05, 0.1) is 0 Å². The van der Waals surface area contributed by atoms with E-state index in [4.69, 9.17) is 0 Å². The Labute approximate surface area is 109 Å². The lowest BCUT2D eigenvalue weighted by atomic mass is 10.3. The fourth-order valence-corrected chi connectivity index (χ4v) is 1.62. The van der Waals surface area contributed by atoms with Gasteiger partial charge in [-0.1, -0.05) is 13.3 Å². The summed E-state index contributed by atoms with van der Waals surface area (Å²) in [4.78, 5) is 11.9. The fourth-order valence-electron chi connectivity index (χ4n) is 1.18. The average molecular weight is 277 g/mol. The van der Waals surface area contributed by atoms with Crippen LogP contribution in [0, 0.1) is 0 Å². The van der Waals surface area contributed by atoms with E-state index in [1.54, 1.807) is 0 Å². The van der Waals surface area contributed by atoms with Crippen molar-refractivity contribution in [2.24, 2.45) is 0 Å². The van der Waals surface area contributed by atoms with Gasteiger partial charge in [0.15, 0.2) is 5.16 Å². The summed E-state index contributed by atoms with van der Waals surface area (Å²) in [5.74, 6) is -1.89. The lowest BCUT2D eigenvalue weighted by Crippen LogP contribution is -2.10. The van der Waals surface area contributed by atoms with E-state index in [-0.39, 0.29) is 5.16 Å². The molecule has 0 unspecified atom stereocenters. The molecule has 1 heterocycles. The molecule has 0 amide bonds. The van der Waals surface area contributed by atoms with Crippen LogP contribution in [0.1, 0.15) is 26.7 Å². The van der Waals surface area contributed by atoms with Gasteiger partial charge >= 0.3 is 0 Å². The van der Waals surface area contributed by atoms with Gasteiger partial charge in [0, 0.05) is 13.1 Å². The van der Waals surface area contributed by atoms with E-state index in [0.717, 1.165) is 12.8 Å². The van der Waals surface area contributed by atoms with E-state index in [0.29, 0.717) is 36.7 Å². The number of thioether (sulfide) groups is 1. The Morgan fingerprint density at radius 1 is 1.11 bits per heavy atom. The summed E-state index contributed by atoms with van der Waals surface area (Å²) >= 11 is 0.316. The van der Waals surface area contributed by atoms with Crippen LogP contribution in [0.2, 0.25) is 0 Å². The van der Waals surface area contributed by atoms with Crippen LogP contribution in [0.4, 0.5) is 20.7 Å². The molecule has 1 aromatic rings. The number of rotatable bonds is 8. The van der Waals surface area contributed by atoms with E-state index in [2.05, 4.69) is 32.5 Å². The summed E-state index contributed by atoms with van der Waals surface area (Å²) in [6.07, 6.45) is 2.01. The zero-order valence-corrected chi connectivity index (χ0v) is 11.2. The molecular formula is C10H17F2N5S. The van der Waals surface area contributed by atoms with Crippen LogP contribution in [0.3, 0.4) is 0 Å². The minimum atomic E-state index is -2.54. The SMILES string of the molecule is CCCCNc1nc(NCC)nc(SC(F)F)n1. The number of aromatic nitrogens is 3. The van der Waals surface area contributed by atoms with Crippen molar-refractivity contribution >= 4 is 23.7 Å². The fraction of sp³-hybridized carbons (Fsp3) is 0.700.